The van der Waals surface area contributed by atoms with Crippen molar-refractivity contribution in [3.05, 3.63) is 40.1 Å². The number of fused-ring (bicyclic) bond motifs is 1. The Balaban J connectivity index is 0.00000145. The molecule has 0 saturated heterocycles. The van der Waals surface area contributed by atoms with E-state index in [0.717, 1.165) is 29.7 Å². The van der Waals surface area contributed by atoms with Gasteiger partial charge in [-0.2, -0.15) is 0 Å². The molecule has 2 N–H and O–H groups in total. The van der Waals surface area contributed by atoms with Crippen molar-refractivity contribution < 1.29 is 13.6 Å². The van der Waals surface area contributed by atoms with Gasteiger partial charge in [-0.05, 0) is 37.0 Å². The molecule has 2 aliphatic rings. The molecule has 0 radical (unpaired) electrons. The smallest absolute Gasteiger partial charge is 0.264 e. The summed E-state index contributed by atoms with van der Waals surface area (Å²) in [5, 5.41) is 12.0. The summed E-state index contributed by atoms with van der Waals surface area (Å²) >= 11 is 0. The minimum Gasteiger partial charge on any atom is -0.391 e. The highest BCUT2D eigenvalue weighted by atomic mass is 19.3. The van der Waals surface area contributed by atoms with Crippen LogP contribution in [-0.2, 0) is 11.2 Å². The number of amidine groups is 1. The summed E-state index contributed by atoms with van der Waals surface area (Å²) in [7, 11) is 1.81. The van der Waals surface area contributed by atoms with Crippen molar-refractivity contribution in [2.24, 2.45) is 0 Å². The predicted octanol–water partition coefficient (Wildman–Crippen LogP) is 4.41. The first kappa shape index (κ1) is 22.8. The fraction of sp³-hybridized carbons (Fsp3) is 0.545. The van der Waals surface area contributed by atoms with Crippen molar-refractivity contribution in [1.29, 1.82) is 5.41 Å². The Hall–Kier alpha value is -2.44. The van der Waals surface area contributed by atoms with E-state index in [4.69, 9.17) is 5.41 Å². The van der Waals surface area contributed by atoms with Crippen LogP contribution < -0.4 is 10.2 Å². The molecule has 0 saturated carbocycles. The highest BCUT2D eigenvalue weighted by Crippen LogP contribution is 2.35. The Kier molecular flexibility index (Phi) is 7.76. The van der Waals surface area contributed by atoms with Crippen LogP contribution in [0.3, 0.4) is 0 Å². The first-order valence-corrected chi connectivity index (χ1v) is 10.3. The van der Waals surface area contributed by atoms with Crippen molar-refractivity contribution >= 4 is 17.4 Å². The molecule has 0 aliphatic carbocycles. The first-order valence-electron chi connectivity index (χ1n) is 10.3. The minimum absolute atomic E-state index is 0.0188. The van der Waals surface area contributed by atoms with Gasteiger partial charge in [0.25, 0.3) is 6.43 Å². The number of anilines is 1. The van der Waals surface area contributed by atoms with Crippen molar-refractivity contribution in [1.82, 2.24) is 10.2 Å². The summed E-state index contributed by atoms with van der Waals surface area (Å²) < 4.78 is 26.8. The third kappa shape index (κ3) is 4.77. The van der Waals surface area contributed by atoms with Crippen LogP contribution >= 0.6 is 0 Å². The van der Waals surface area contributed by atoms with E-state index in [-0.39, 0.29) is 17.3 Å². The van der Waals surface area contributed by atoms with Gasteiger partial charge < -0.3 is 15.1 Å². The fourth-order valence-corrected chi connectivity index (χ4v) is 3.93. The van der Waals surface area contributed by atoms with Crippen LogP contribution in [0.15, 0.2) is 23.4 Å². The average Bonchev–Trinajstić information content (AvgIpc) is 2.72. The van der Waals surface area contributed by atoms with Gasteiger partial charge in [0, 0.05) is 56.0 Å². The molecule has 0 unspecified atom stereocenters. The second kappa shape index (κ2) is 9.85. The molecule has 0 bridgehead atoms. The van der Waals surface area contributed by atoms with Crippen molar-refractivity contribution in [3.8, 4) is 0 Å². The standard InChI is InChI=1S/C20H26F2N4O.C2H6/c1-12-9-14-5-4-7-26(18(14)10-15(12)19(21)22)20(23)16-11-25(13(2)27)8-6-17(16)24-3;1-2/h9-10,19,23-24H,4-8,11H2,1-3H3;1-2H3. The molecule has 0 fully saturated rings. The quantitative estimate of drug-likeness (QED) is 0.577. The maximum absolute atomic E-state index is 13.4. The fourth-order valence-electron chi connectivity index (χ4n) is 3.93. The van der Waals surface area contributed by atoms with Gasteiger partial charge in [0.05, 0.1) is 6.54 Å². The van der Waals surface area contributed by atoms with E-state index in [2.05, 4.69) is 5.32 Å². The van der Waals surface area contributed by atoms with E-state index in [1.165, 1.54) is 13.0 Å². The number of hydrogen-bond acceptors (Lipinski definition) is 3. The molecule has 2 heterocycles. The zero-order chi connectivity index (χ0) is 21.7. The minimum atomic E-state index is -2.54. The Morgan fingerprint density at radius 2 is 1.90 bits per heavy atom. The number of halogens is 2. The number of carbonyl (C=O) groups is 1. The number of benzene rings is 1. The molecule has 1 aromatic rings. The molecule has 7 heteroatoms. The number of nitrogens with zero attached hydrogens (tertiary/aromatic N) is 2. The Bertz CT molecular complexity index is 804. The van der Waals surface area contributed by atoms with Crippen molar-refractivity contribution in [2.75, 3.05) is 31.6 Å². The highest BCUT2D eigenvalue weighted by Gasteiger charge is 2.29. The Morgan fingerprint density at radius 1 is 1.21 bits per heavy atom. The van der Waals surface area contributed by atoms with E-state index in [1.54, 1.807) is 11.8 Å². The first-order chi connectivity index (χ1) is 13.8. The molecule has 3 rings (SSSR count). The second-order valence-electron chi connectivity index (χ2n) is 7.14. The number of carbonyl (C=O) groups excluding carboxylic acids is 1. The molecule has 29 heavy (non-hydrogen) atoms. The van der Waals surface area contributed by atoms with Gasteiger partial charge in [-0.3, -0.25) is 10.2 Å². The maximum atomic E-state index is 13.4. The number of amides is 1. The lowest BCUT2D eigenvalue weighted by Gasteiger charge is -2.37. The molecular weight excluding hydrogens is 374 g/mol. The van der Waals surface area contributed by atoms with E-state index in [9.17, 15) is 13.6 Å². The van der Waals surface area contributed by atoms with Gasteiger partial charge in [-0.1, -0.05) is 19.9 Å². The van der Waals surface area contributed by atoms with Crippen LogP contribution in [0.5, 0.6) is 0 Å². The van der Waals surface area contributed by atoms with Gasteiger partial charge >= 0.3 is 0 Å². The number of nitrogens with one attached hydrogen (secondary N) is 2. The monoisotopic (exact) mass is 406 g/mol. The van der Waals surface area contributed by atoms with Crippen LogP contribution in [0.25, 0.3) is 0 Å². The molecule has 2 aliphatic heterocycles. The van der Waals surface area contributed by atoms with E-state index >= 15 is 0 Å². The summed E-state index contributed by atoms with van der Waals surface area (Å²) in [4.78, 5) is 15.3. The normalized spacial score (nSPS) is 16.3. The van der Waals surface area contributed by atoms with Crippen LogP contribution in [0.4, 0.5) is 14.5 Å². The van der Waals surface area contributed by atoms with Gasteiger partial charge in [-0.25, -0.2) is 8.78 Å². The summed E-state index contributed by atoms with van der Waals surface area (Å²) in [6.45, 7) is 8.83. The topological polar surface area (TPSA) is 59.4 Å². The second-order valence-corrected chi connectivity index (χ2v) is 7.14. The molecule has 0 aromatic heterocycles. The van der Waals surface area contributed by atoms with Gasteiger partial charge in [0.15, 0.2) is 0 Å². The lowest BCUT2D eigenvalue weighted by Crippen LogP contribution is -2.44. The van der Waals surface area contributed by atoms with Crippen LogP contribution in [0.2, 0.25) is 0 Å². The van der Waals surface area contributed by atoms with Gasteiger partial charge in [-0.15, -0.1) is 0 Å². The summed E-state index contributed by atoms with van der Waals surface area (Å²) in [5.41, 5.74) is 3.99. The molecule has 1 amide bonds. The summed E-state index contributed by atoms with van der Waals surface area (Å²) in [6.07, 6.45) is -0.198. The maximum Gasteiger partial charge on any atom is 0.264 e. The van der Waals surface area contributed by atoms with Crippen LogP contribution in [0.1, 0.15) is 56.7 Å². The number of rotatable bonds is 3. The Labute approximate surface area is 172 Å². The lowest BCUT2D eigenvalue weighted by molar-refractivity contribution is -0.128. The molecule has 160 valence electrons. The van der Waals surface area contributed by atoms with Crippen LogP contribution in [0, 0.1) is 12.3 Å². The third-order valence-electron chi connectivity index (χ3n) is 5.47. The van der Waals surface area contributed by atoms with E-state index in [0.29, 0.717) is 37.3 Å². The zero-order valence-electron chi connectivity index (χ0n) is 18.0. The van der Waals surface area contributed by atoms with Crippen LogP contribution in [-0.4, -0.2) is 43.3 Å². The highest BCUT2D eigenvalue weighted by molar-refractivity contribution is 6.09. The molecule has 1 aromatic carbocycles. The third-order valence-corrected chi connectivity index (χ3v) is 5.47. The van der Waals surface area contributed by atoms with Crippen molar-refractivity contribution in [2.45, 2.75) is 53.4 Å². The molecule has 0 spiro atoms. The summed E-state index contributed by atoms with van der Waals surface area (Å²) in [6, 6.07) is 3.36. The number of hydrogen-bond donors (Lipinski definition) is 2. The predicted molar refractivity (Wildman–Crippen MR) is 114 cm³/mol. The van der Waals surface area contributed by atoms with E-state index < -0.39 is 6.43 Å². The molecular formula is C22H32F2N4O. The molecule has 0 atom stereocenters. The molecule has 5 nitrogen and oxygen atoms in total. The van der Waals surface area contributed by atoms with Crippen molar-refractivity contribution in [3.63, 3.8) is 0 Å². The number of alkyl halides is 2. The largest absolute Gasteiger partial charge is 0.391 e. The van der Waals surface area contributed by atoms with E-state index in [1.807, 2.05) is 31.9 Å². The van der Waals surface area contributed by atoms with Gasteiger partial charge in [0.2, 0.25) is 5.91 Å². The average molecular weight is 407 g/mol. The number of aryl methyl sites for hydroxylation is 2. The Morgan fingerprint density at radius 3 is 2.48 bits per heavy atom. The summed E-state index contributed by atoms with van der Waals surface area (Å²) in [5.74, 6) is 0.264. The SMILES string of the molecule is CC.CNC1=C(C(=N)N2CCCc3cc(C)c(C(F)F)cc32)CN(C(C)=O)CC1. The lowest BCUT2D eigenvalue weighted by atomic mass is 9.94. The van der Waals surface area contributed by atoms with Gasteiger partial charge in [0.1, 0.15) is 5.84 Å². The zero-order valence-corrected chi connectivity index (χ0v) is 18.0.